The van der Waals surface area contributed by atoms with Gasteiger partial charge in [-0.05, 0) is 74.6 Å². The van der Waals surface area contributed by atoms with Crippen LogP contribution in [0.5, 0.6) is 0 Å². The van der Waals surface area contributed by atoms with E-state index in [-0.39, 0.29) is 42.7 Å². The quantitative estimate of drug-likeness (QED) is 0.559. The fourth-order valence-corrected chi connectivity index (χ4v) is 4.81. The average Bonchev–Trinajstić information content (AvgIpc) is 2.84. The predicted molar refractivity (Wildman–Crippen MR) is 132 cm³/mol. The van der Waals surface area contributed by atoms with Crippen LogP contribution in [-0.2, 0) is 20.5 Å². The first-order valence-electron chi connectivity index (χ1n) is 12.0. The Bertz CT molecular complexity index is 1090. The number of carbonyl (C=O) groups excluding carboxylic acids is 2. The zero-order valence-corrected chi connectivity index (χ0v) is 20.7. The molecular weight excluding hydrogens is 495 g/mol. The molecule has 1 saturated heterocycles. The van der Waals surface area contributed by atoms with Crippen molar-refractivity contribution in [2.24, 2.45) is 0 Å². The Labute approximate surface area is 213 Å². The van der Waals surface area contributed by atoms with E-state index in [0.29, 0.717) is 36.6 Å². The van der Waals surface area contributed by atoms with E-state index in [0.717, 1.165) is 24.6 Å². The van der Waals surface area contributed by atoms with E-state index in [1.165, 1.54) is 17.9 Å². The molecule has 2 aliphatic rings. The molecule has 2 aromatic rings. The minimum Gasteiger partial charge on any atom is -0.382 e. The van der Waals surface area contributed by atoms with Gasteiger partial charge in [0.2, 0.25) is 11.8 Å². The summed E-state index contributed by atoms with van der Waals surface area (Å²) in [5.74, 6) is -0.382. The summed E-state index contributed by atoms with van der Waals surface area (Å²) in [6.07, 6.45) is -1.62. The molecule has 2 fully saturated rings. The molecule has 10 heteroatoms. The van der Waals surface area contributed by atoms with Crippen LogP contribution in [0.25, 0.3) is 0 Å². The molecule has 0 spiro atoms. The molecule has 2 aromatic carbocycles. The predicted octanol–water partition coefficient (Wildman–Crippen LogP) is 5.28. The molecule has 194 valence electrons. The topological polar surface area (TPSA) is 61.9 Å². The van der Waals surface area contributed by atoms with Crippen LogP contribution in [0.3, 0.4) is 0 Å². The number of hydrogen-bond donors (Lipinski definition) is 1. The average molecular weight is 524 g/mol. The lowest BCUT2D eigenvalue weighted by molar-refractivity contribution is -0.142. The van der Waals surface area contributed by atoms with Gasteiger partial charge in [0.1, 0.15) is 13.2 Å². The molecule has 36 heavy (non-hydrogen) atoms. The van der Waals surface area contributed by atoms with Crippen LogP contribution in [0, 0.1) is 6.92 Å². The maximum Gasteiger partial charge on any atom is 0.416 e. The smallest absolute Gasteiger partial charge is 0.382 e. The number of nitrogens with one attached hydrogen (secondary N) is 1. The van der Waals surface area contributed by atoms with Crippen molar-refractivity contribution >= 4 is 34.8 Å². The number of nitrogens with zero attached hydrogens (tertiary/aromatic N) is 2. The lowest BCUT2D eigenvalue weighted by atomic mass is 9.92. The number of aryl methyl sites for hydroxylation is 1. The molecule has 2 amide bonds. The number of halogens is 4. The number of benzene rings is 2. The van der Waals surface area contributed by atoms with Gasteiger partial charge in [0.25, 0.3) is 0 Å². The first-order valence-corrected chi connectivity index (χ1v) is 12.4. The Morgan fingerprint density at radius 1 is 1.08 bits per heavy atom. The summed E-state index contributed by atoms with van der Waals surface area (Å²) in [6.45, 7) is 2.18. The minimum absolute atomic E-state index is 0.00204. The fourth-order valence-electron chi connectivity index (χ4n) is 4.69. The number of anilines is 2. The summed E-state index contributed by atoms with van der Waals surface area (Å²) in [5, 5.41) is 3.79. The van der Waals surface area contributed by atoms with Crippen molar-refractivity contribution in [3.8, 4) is 0 Å². The first kappa shape index (κ1) is 26.3. The number of amides is 2. The molecule has 0 radical (unpaired) electrons. The second-order valence-electron chi connectivity index (χ2n) is 9.29. The molecule has 6 nitrogen and oxygen atoms in total. The van der Waals surface area contributed by atoms with E-state index >= 15 is 0 Å². The molecule has 0 bridgehead atoms. The van der Waals surface area contributed by atoms with Crippen molar-refractivity contribution in [3.05, 3.63) is 58.6 Å². The molecule has 1 aliphatic carbocycles. The SMILES string of the molecule is Cc1ccc(NC2CCC(OCC(=O)N3CCN(c4ccc(Cl)cc4)C(=O)C3)CC2)cc1C(F)(F)F. The summed E-state index contributed by atoms with van der Waals surface area (Å²) in [6, 6.07) is 11.3. The highest BCUT2D eigenvalue weighted by molar-refractivity contribution is 6.30. The lowest BCUT2D eigenvalue weighted by Crippen LogP contribution is -2.53. The van der Waals surface area contributed by atoms with Gasteiger partial charge >= 0.3 is 6.18 Å². The summed E-state index contributed by atoms with van der Waals surface area (Å²) < 4.78 is 45.4. The molecule has 0 aromatic heterocycles. The Hall–Kier alpha value is -2.78. The van der Waals surface area contributed by atoms with Crippen LogP contribution in [-0.4, -0.2) is 55.1 Å². The number of hydrogen-bond acceptors (Lipinski definition) is 4. The molecule has 4 rings (SSSR count). The van der Waals surface area contributed by atoms with Crippen molar-refractivity contribution in [3.63, 3.8) is 0 Å². The fraction of sp³-hybridized carbons (Fsp3) is 0.462. The zero-order valence-electron chi connectivity index (χ0n) is 20.0. The first-order chi connectivity index (χ1) is 17.1. The Kier molecular flexibility index (Phi) is 8.10. The number of ether oxygens (including phenoxy) is 1. The highest BCUT2D eigenvalue weighted by Crippen LogP contribution is 2.34. The van der Waals surface area contributed by atoms with Crippen LogP contribution in [0.2, 0.25) is 5.02 Å². The molecule has 1 N–H and O–H groups in total. The Morgan fingerprint density at radius 2 is 1.78 bits per heavy atom. The second kappa shape index (κ2) is 11.1. The van der Waals surface area contributed by atoms with E-state index in [2.05, 4.69) is 5.32 Å². The van der Waals surface area contributed by atoms with E-state index in [4.69, 9.17) is 16.3 Å². The van der Waals surface area contributed by atoms with Gasteiger partial charge in [0, 0.05) is 35.5 Å². The maximum absolute atomic E-state index is 13.2. The van der Waals surface area contributed by atoms with Gasteiger partial charge in [0.05, 0.1) is 11.7 Å². The summed E-state index contributed by atoms with van der Waals surface area (Å²) in [7, 11) is 0. The van der Waals surface area contributed by atoms with Crippen molar-refractivity contribution < 1.29 is 27.5 Å². The lowest BCUT2D eigenvalue weighted by Gasteiger charge is -2.35. The van der Waals surface area contributed by atoms with Gasteiger partial charge in [-0.25, -0.2) is 0 Å². The molecule has 1 heterocycles. The normalized spacial score (nSPS) is 21.0. The van der Waals surface area contributed by atoms with E-state index in [1.807, 2.05) is 0 Å². The Balaban J connectivity index is 1.20. The number of rotatable bonds is 6. The molecule has 0 atom stereocenters. The number of piperazine rings is 1. The van der Waals surface area contributed by atoms with Gasteiger partial charge in [-0.3, -0.25) is 9.59 Å². The molecule has 1 saturated carbocycles. The van der Waals surface area contributed by atoms with E-state index in [9.17, 15) is 22.8 Å². The van der Waals surface area contributed by atoms with Gasteiger partial charge in [-0.2, -0.15) is 13.2 Å². The third kappa shape index (κ3) is 6.50. The minimum atomic E-state index is -4.38. The largest absolute Gasteiger partial charge is 0.416 e. The van der Waals surface area contributed by atoms with Crippen molar-refractivity contribution in [1.82, 2.24) is 4.90 Å². The van der Waals surface area contributed by atoms with Gasteiger partial charge in [-0.15, -0.1) is 0 Å². The maximum atomic E-state index is 13.2. The third-order valence-electron chi connectivity index (χ3n) is 6.74. The second-order valence-corrected chi connectivity index (χ2v) is 9.73. The highest BCUT2D eigenvalue weighted by Gasteiger charge is 2.33. The van der Waals surface area contributed by atoms with Crippen molar-refractivity contribution in [2.45, 2.75) is 50.9 Å². The van der Waals surface area contributed by atoms with Gasteiger partial charge in [0.15, 0.2) is 0 Å². The van der Waals surface area contributed by atoms with Crippen molar-refractivity contribution in [2.75, 3.05) is 36.5 Å². The summed E-state index contributed by atoms with van der Waals surface area (Å²) in [5.41, 5.74) is 0.770. The zero-order chi connectivity index (χ0) is 25.9. The van der Waals surface area contributed by atoms with Crippen LogP contribution in [0.15, 0.2) is 42.5 Å². The van der Waals surface area contributed by atoms with E-state index in [1.54, 1.807) is 35.2 Å². The van der Waals surface area contributed by atoms with Crippen molar-refractivity contribution in [1.29, 1.82) is 0 Å². The standard InChI is InChI=1S/C26H29ClF3N3O3/c1-17-2-5-20(14-23(17)26(28,29)30)31-19-6-10-22(11-7-19)36-16-25(35)32-12-13-33(24(34)15-32)21-8-3-18(27)4-9-21/h2-5,8-9,14,19,22,31H,6-7,10-13,15-16H2,1H3. The monoisotopic (exact) mass is 523 g/mol. The van der Waals surface area contributed by atoms with Gasteiger partial charge in [-0.1, -0.05) is 17.7 Å². The molecule has 0 unspecified atom stereocenters. The third-order valence-corrected chi connectivity index (χ3v) is 6.99. The highest BCUT2D eigenvalue weighted by atomic mass is 35.5. The summed E-state index contributed by atoms with van der Waals surface area (Å²) >= 11 is 5.91. The number of alkyl halides is 3. The van der Waals surface area contributed by atoms with E-state index < -0.39 is 11.7 Å². The Morgan fingerprint density at radius 3 is 2.42 bits per heavy atom. The molecule has 1 aliphatic heterocycles. The summed E-state index contributed by atoms with van der Waals surface area (Å²) in [4.78, 5) is 28.3. The van der Waals surface area contributed by atoms with Crippen LogP contribution >= 0.6 is 11.6 Å². The molecular formula is C26H29ClF3N3O3. The van der Waals surface area contributed by atoms with Crippen LogP contribution in [0.4, 0.5) is 24.5 Å². The van der Waals surface area contributed by atoms with Gasteiger partial charge < -0.3 is 19.9 Å². The van der Waals surface area contributed by atoms with Crippen LogP contribution in [0.1, 0.15) is 36.8 Å². The van der Waals surface area contributed by atoms with Crippen LogP contribution < -0.4 is 10.2 Å². The number of carbonyl (C=O) groups is 2.